The second-order valence-electron chi connectivity index (χ2n) is 3.85. The Bertz CT molecular complexity index is 340. The summed E-state index contributed by atoms with van der Waals surface area (Å²) in [5, 5.41) is 10.2. The molecule has 0 amide bonds. The average molecular weight is 224 g/mol. The highest BCUT2D eigenvalue weighted by Crippen LogP contribution is 2.32. The van der Waals surface area contributed by atoms with E-state index in [9.17, 15) is 5.11 Å². The molecule has 5 nitrogen and oxygen atoms in total. The molecule has 1 unspecified atom stereocenters. The summed E-state index contributed by atoms with van der Waals surface area (Å²) in [5.41, 5.74) is 0.525. The smallest absolute Gasteiger partial charge is 0.238 e. The molecule has 5 heteroatoms. The Balaban J connectivity index is 2.15. The van der Waals surface area contributed by atoms with Crippen LogP contribution in [-0.4, -0.2) is 35.4 Å². The van der Waals surface area contributed by atoms with E-state index in [4.69, 9.17) is 9.47 Å². The maximum absolute atomic E-state index is 10.2. The van der Waals surface area contributed by atoms with Crippen molar-refractivity contribution in [3.8, 4) is 5.88 Å². The van der Waals surface area contributed by atoms with Crippen LogP contribution in [0.1, 0.15) is 24.6 Å². The number of aromatic nitrogens is 2. The quantitative estimate of drug-likeness (QED) is 0.828. The van der Waals surface area contributed by atoms with E-state index in [1.165, 1.54) is 7.11 Å². The zero-order valence-corrected chi connectivity index (χ0v) is 9.30. The van der Waals surface area contributed by atoms with Crippen LogP contribution in [0.5, 0.6) is 5.88 Å². The van der Waals surface area contributed by atoms with Crippen LogP contribution in [-0.2, 0) is 4.74 Å². The van der Waals surface area contributed by atoms with E-state index in [1.54, 1.807) is 12.4 Å². The molecule has 1 fully saturated rings. The molecule has 1 aromatic rings. The van der Waals surface area contributed by atoms with Gasteiger partial charge in [0.05, 0.1) is 7.11 Å². The molecule has 2 heterocycles. The number of methoxy groups -OCH3 is 1. The van der Waals surface area contributed by atoms with Gasteiger partial charge in [0.2, 0.25) is 5.88 Å². The van der Waals surface area contributed by atoms with E-state index in [0.717, 1.165) is 12.8 Å². The van der Waals surface area contributed by atoms with E-state index in [2.05, 4.69) is 9.97 Å². The van der Waals surface area contributed by atoms with E-state index in [0.29, 0.717) is 24.8 Å². The second kappa shape index (κ2) is 5.23. The fourth-order valence-corrected chi connectivity index (χ4v) is 1.95. The van der Waals surface area contributed by atoms with Crippen molar-refractivity contribution in [3.63, 3.8) is 0 Å². The van der Waals surface area contributed by atoms with Crippen molar-refractivity contribution in [2.45, 2.75) is 18.9 Å². The number of hydrogen-bond acceptors (Lipinski definition) is 5. The Hall–Kier alpha value is -1.20. The predicted octanol–water partition coefficient (Wildman–Crippen LogP) is 0.945. The Morgan fingerprint density at radius 3 is 2.75 bits per heavy atom. The maximum Gasteiger partial charge on any atom is 0.238 e. The van der Waals surface area contributed by atoms with Gasteiger partial charge in [0.1, 0.15) is 11.8 Å². The van der Waals surface area contributed by atoms with Crippen molar-refractivity contribution >= 4 is 0 Å². The first kappa shape index (κ1) is 11.3. The second-order valence-corrected chi connectivity index (χ2v) is 3.85. The zero-order valence-electron chi connectivity index (χ0n) is 9.30. The average Bonchev–Trinajstić information content (AvgIpc) is 2.39. The van der Waals surface area contributed by atoms with Gasteiger partial charge in [-0.25, -0.2) is 4.98 Å². The summed E-state index contributed by atoms with van der Waals surface area (Å²) in [6, 6.07) is 0. The summed E-state index contributed by atoms with van der Waals surface area (Å²) in [6.07, 6.45) is 4.20. The minimum absolute atomic E-state index is 0.180. The number of rotatable bonds is 3. The van der Waals surface area contributed by atoms with Gasteiger partial charge in [0, 0.05) is 25.6 Å². The third-order valence-corrected chi connectivity index (χ3v) is 2.88. The molecule has 0 saturated carbocycles. The summed E-state index contributed by atoms with van der Waals surface area (Å²) in [6.45, 7) is 1.40. The van der Waals surface area contributed by atoms with Crippen LogP contribution in [0.25, 0.3) is 0 Å². The van der Waals surface area contributed by atoms with Crippen molar-refractivity contribution in [1.29, 1.82) is 0 Å². The van der Waals surface area contributed by atoms with Crippen molar-refractivity contribution < 1.29 is 14.6 Å². The molecular weight excluding hydrogens is 208 g/mol. The standard InChI is InChI=1S/C11H16N2O3/c1-15-11-9(12-4-5-13-11)10(14)8-2-6-16-7-3-8/h4-5,8,10,14H,2-3,6-7H2,1H3. The summed E-state index contributed by atoms with van der Waals surface area (Å²) < 4.78 is 10.4. The van der Waals surface area contributed by atoms with Crippen LogP contribution in [0.4, 0.5) is 0 Å². The topological polar surface area (TPSA) is 64.5 Å². The molecule has 1 atom stereocenters. The lowest BCUT2D eigenvalue weighted by molar-refractivity contribution is 0.00442. The number of nitrogens with zero attached hydrogens (tertiary/aromatic N) is 2. The monoisotopic (exact) mass is 224 g/mol. The fraction of sp³-hybridized carbons (Fsp3) is 0.636. The Labute approximate surface area is 94.4 Å². The van der Waals surface area contributed by atoms with E-state index < -0.39 is 6.10 Å². The third-order valence-electron chi connectivity index (χ3n) is 2.88. The molecule has 0 bridgehead atoms. The molecular formula is C11H16N2O3. The number of ether oxygens (including phenoxy) is 2. The lowest BCUT2D eigenvalue weighted by Gasteiger charge is -2.26. The van der Waals surface area contributed by atoms with Gasteiger partial charge < -0.3 is 14.6 Å². The SMILES string of the molecule is COc1nccnc1C(O)C1CCOCC1. The van der Waals surface area contributed by atoms with Crippen LogP contribution in [0.2, 0.25) is 0 Å². The molecule has 1 saturated heterocycles. The summed E-state index contributed by atoms with van der Waals surface area (Å²) in [7, 11) is 1.53. The largest absolute Gasteiger partial charge is 0.480 e. The molecule has 0 radical (unpaired) electrons. The number of aliphatic hydroxyl groups is 1. The molecule has 2 rings (SSSR count). The lowest BCUT2D eigenvalue weighted by atomic mass is 9.92. The lowest BCUT2D eigenvalue weighted by Crippen LogP contribution is -2.23. The van der Waals surface area contributed by atoms with Gasteiger partial charge in [0.25, 0.3) is 0 Å². The molecule has 88 valence electrons. The Morgan fingerprint density at radius 1 is 1.38 bits per heavy atom. The summed E-state index contributed by atoms with van der Waals surface area (Å²) >= 11 is 0. The van der Waals surface area contributed by atoms with Crippen molar-refractivity contribution in [2.24, 2.45) is 5.92 Å². The Morgan fingerprint density at radius 2 is 2.06 bits per heavy atom. The first-order valence-electron chi connectivity index (χ1n) is 5.43. The first-order valence-corrected chi connectivity index (χ1v) is 5.43. The minimum Gasteiger partial charge on any atom is -0.480 e. The fourth-order valence-electron chi connectivity index (χ4n) is 1.95. The van der Waals surface area contributed by atoms with Crippen LogP contribution in [0.3, 0.4) is 0 Å². The van der Waals surface area contributed by atoms with Gasteiger partial charge in [-0.3, -0.25) is 4.98 Å². The highest BCUT2D eigenvalue weighted by molar-refractivity contribution is 5.20. The van der Waals surface area contributed by atoms with E-state index in [-0.39, 0.29) is 5.92 Å². The van der Waals surface area contributed by atoms with E-state index >= 15 is 0 Å². The molecule has 0 aromatic carbocycles. The highest BCUT2D eigenvalue weighted by Gasteiger charge is 2.27. The third kappa shape index (κ3) is 2.31. The normalized spacial score (nSPS) is 19.4. The molecule has 1 aromatic heterocycles. The van der Waals surface area contributed by atoms with E-state index in [1.807, 2.05) is 0 Å². The van der Waals surface area contributed by atoms with Crippen LogP contribution in [0, 0.1) is 5.92 Å². The van der Waals surface area contributed by atoms with Crippen molar-refractivity contribution in [1.82, 2.24) is 9.97 Å². The number of hydrogen-bond donors (Lipinski definition) is 1. The molecule has 16 heavy (non-hydrogen) atoms. The summed E-state index contributed by atoms with van der Waals surface area (Å²) in [4.78, 5) is 8.18. The zero-order chi connectivity index (χ0) is 11.4. The predicted molar refractivity (Wildman–Crippen MR) is 57.1 cm³/mol. The van der Waals surface area contributed by atoms with Crippen LogP contribution >= 0.6 is 0 Å². The van der Waals surface area contributed by atoms with Gasteiger partial charge in [-0.15, -0.1) is 0 Å². The molecule has 1 N–H and O–H groups in total. The summed E-state index contributed by atoms with van der Waals surface area (Å²) in [5.74, 6) is 0.584. The molecule has 0 spiro atoms. The van der Waals surface area contributed by atoms with Gasteiger partial charge in [0.15, 0.2) is 0 Å². The first-order chi connectivity index (χ1) is 7.83. The maximum atomic E-state index is 10.2. The highest BCUT2D eigenvalue weighted by atomic mass is 16.5. The van der Waals surface area contributed by atoms with Gasteiger partial charge in [-0.05, 0) is 18.8 Å². The van der Waals surface area contributed by atoms with Gasteiger partial charge in [-0.2, -0.15) is 0 Å². The van der Waals surface area contributed by atoms with Crippen molar-refractivity contribution in [3.05, 3.63) is 18.1 Å². The van der Waals surface area contributed by atoms with Crippen LogP contribution in [0.15, 0.2) is 12.4 Å². The Kier molecular flexibility index (Phi) is 3.69. The number of aliphatic hydroxyl groups excluding tert-OH is 1. The van der Waals surface area contributed by atoms with Crippen molar-refractivity contribution in [2.75, 3.05) is 20.3 Å². The van der Waals surface area contributed by atoms with Gasteiger partial charge >= 0.3 is 0 Å². The molecule has 0 aliphatic carbocycles. The van der Waals surface area contributed by atoms with Crippen LogP contribution < -0.4 is 4.74 Å². The van der Waals surface area contributed by atoms with Gasteiger partial charge in [-0.1, -0.05) is 0 Å². The molecule has 1 aliphatic heterocycles. The molecule has 1 aliphatic rings. The minimum atomic E-state index is -0.618.